The zero-order chi connectivity index (χ0) is 11.4. The Morgan fingerprint density at radius 3 is 2.33 bits per heavy atom. The number of nitrogens with one attached hydrogen (secondary N) is 1. The lowest BCUT2D eigenvalue weighted by molar-refractivity contribution is 0.537. The van der Waals surface area contributed by atoms with Crippen LogP contribution in [0.4, 0.5) is 0 Å². The van der Waals surface area contributed by atoms with E-state index in [0.717, 1.165) is 19.5 Å². The summed E-state index contributed by atoms with van der Waals surface area (Å²) in [5.74, 6) is 0. The molecule has 0 radical (unpaired) electrons. The molecule has 0 heterocycles. The van der Waals surface area contributed by atoms with Crippen LogP contribution in [0.25, 0.3) is 0 Å². The normalized spacial score (nSPS) is 13.0. The van der Waals surface area contributed by atoms with E-state index in [1.54, 1.807) is 0 Å². The Labute approximate surface area is 95.0 Å². The van der Waals surface area contributed by atoms with Crippen molar-refractivity contribution in [3.8, 4) is 0 Å². The van der Waals surface area contributed by atoms with Crippen molar-refractivity contribution in [2.24, 2.45) is 11.5 Å². The zero-order valence-corrected chi connectivity index (χ0v) is 10.3. The van der Waals surface area contributed by atoms with E-state index in [9.17, 15) is 0 Å². The first-order chi connectivity index (χ1) is 7.31. The van der Waals surface area contributed by atoms with Crippen molar-refractivity contribution in [1.29, 1.82) is 0 Å². The maximum Gasteiger partial charge on any atom is 0.0175 e. The van der Waals surface area contributed by atoms with Crippen LogP contribution < -0.4 is 16.8 Å². The molecule has 3 heteroatoms. The van der Waals surface area contributed by atoms with Crippen molar-refractivity contribution < 1.29 is 0 Å². The van der Waals surface area contributed by atoms with Gasteiger partial charge in [0.2, 0.25) is 0 Å². The second-order valence-corrected chi connectivity index (χ2v) is 4.30. The van der Waals surface area contributed by atoms with Crippen molar-refractivity contribution in [2.75, 3.05) is 19.6 Å². The van der Waals surface area contributed by atoms with Crippen molar-refractivity contribution in [2.45, 2.75) is 57.9 Å². The second kappa shape index (κ2) is 12.0. The highest BCUT2D eigenvalue weighted by Gasteiger charge is 1.97. The number of hydrogen-bond donors (Lipinski definition) is 3. The molecular formula is C12H29N3. The largest absolute Gasteiger partial charge is 0.329 e. The van der Waals surface area contributed by atoms with E-state index in [1.807, 2.05) is 0 Å². The summed E-state index contributed by atoms with van der Waals surface area (Å²) in [6, 6.07) is 0.169. The lowest BCUT2D eigenvalue weighted by Gasteiger charge is -2.09. The molecule has 0 aromatic rings. The van der Waals surface area contributed by atoms with Gasteiger partial charge in [0.05, 0.1) is 0 Å². The molecule has 1 unspecified atom stereocenters. The zero-order valence-electron chi connectivity index (χ0n) is 10.3. The van der Waals surface area contributed by atoms with Gasteiger partial charge in [0.25, 0.3) is 0 Å². The molecule has 3 nitrogen and oxygen atoms in total. The van der Waals surface area contributed by atoms with E-state index in [0.29, 0.717) is 6.54 Å². The fourth-order valence-electron chi connectivity index (χ4n) is 1.56. The van der Waals surface area contributed by atoms with Crippen LogP contribution in [0.15, 0.2) is 0 Å². The lowest BCUT2D eigenvalue weighted by Crippen LogP contribution is -2.33. The van der Waals surface area contributed by atoms with E-state index < -0.39 is 0 Å². The predicted molar refractivity (Wildman–Crippen MR) is 67.9 cm³/mol. The minimum Gasteiger partial charge on any atom is -0.329 e. The van der Waals surface area contributed by atoms with E-state index in [4.69, 9.17) is 11.5 Å². The van der Waals surface area contributed by atoms with Crippen molar-refractivity contribution in [3.05, 3.63) is 0 Å². The summed E-state index contributed by atoms with van der Waals surface area (Å²) in [5, 5.41) is 3.41. The second-order valence-electron chi connectivity index (χ2n) is 4.30. The van der Waals surface area contributed by atoms with E-state index in [1.165, 1.54) is 38.5 Å². The molecule has 92 valence electrons. The first-order valence-corrected chi connectivity index (χ1v) is 6.47. The van der Waals surface area contributed by atoms with E-state index in [-0.39, 0.29) is 6.04 Å². The Kier molecular flexibility index (Phi) is 11.9. The van der Waals surface area contributed by atoms with Crippen molar-refractivity contribution in [3.63, 3.8) is 0 Å². The van der Waals surface area contributed by atoms with E-state index in [2.05, 4.69) is 12.2 Å². The molecule has 0 aliphatic rings. The standard InChI is InChI=1S/C12H29N3/c1-2-3-4-5-6-7-9-15-10-8-12(14)11-13/h12,15H,2-11,13-14H2,1H3. The van der Waals surface area contributed by atoms with Gasteiger partial charge in [-0.05, 0) is 25.9 Å². The molecule has 0 saturated heterocycles. The molecule has 0 fully saturated rings. The first-order valence-electron chi connectivity index (χ1n) is 6.47. The molecule has 0 spiro atoms. The summed E-state index contributed by atoms with van der Waals surface area (Å²) in [6.45, 7) is 4.98. The SMILES string of the molecule is CCCCCCCCNCCC(N)CN. The molecule has 0 aromatic heterocycles. The average Bonchev–Trinajstić information content (AvgIpc) is 2.26. The number of nitrogens with two attached hydrogens (primary N) is 2. The van der Waals surface area contributed by atoms with Crippen LogP contribution in [0, 0.1) is 0 Å². The Morgan fingerprint density at radius 2 is 1.67 bits per heavy atom. The third kappa shape index (κ3) is 11.8. The van der Waals surface area contributed by atoms with Gasteiger partial charge < -0.3 is 16.8 Å². The van der Waals surface area contributed by atoms with Gasteiger partial charge in [-0.3, -0.25) is 0 Å². The summed E-state index contributed by atoms with van der Waals surface area (Å²) in [5.41, 5.74) is 11.1. The summed E-state index contributed by atoms with van der Waals surface area (Å²) >= 11 is 0. The molecule has 0 aliphatic heterocycles. The smallest absolute Gasteiger partial charge is 0.0175 e. The molecule has 1 atom stereocenters. The van der Waals surface area contributed by atoms with Crippen LogP contribution in [-0.4, -0.2) is 25.7 Å². The van der Waals surface area contributed by atoms with Gasteiger partial charge >= 0.3 is 0 Å². The highest BCUT2D eigenvalue weighted by Crippen LogP contribution is 2.03. The Morgan fingerprint density at radius 1 is 1.00 bits per heavy atom. The van der Waals surface area contributed by atoms with Crippen LogP contribution >= 0.6 is 0 Å². The van der Waals surface area contributed by atoms with Crippen LogP contribution in [0.3, 0.4) is 0 Å². The molecule has 0 saturated carbocycles. The van der Waals surface area contributed by atoms with Gasteiger partial charge in [0, 0.05) is 12.6 Å². The summed E-state index contributed by atoms with van der Waals surface area (Å²) in [7, 11) is 0. The Hall–Kier alpha value is -0.120. The molecule has 5 N–H and O–H groups in total. The topological polar surface area (TPSA) is 64.1 Å². The van der Waals surface area contributed by atoms with Crippen LogP contribution in [0.5, 0.6) is 0 Å². The average molecular weight is 215 g/mol. The predicted octanol–water partition coefficient (Wildman–Crippen LogP) is 1.61. The molecule has 15 heavy (non-hydrogen) atoms. The molecular weight excluding hydrogens is 186 g/mol. The molecule has 0 rings (SSSR count). The highest BCUT2D eigenvalue weighted by atomic mass is 14.9. The van der Waals surface area contributed by atoms with Gasteiger partial charge in [-0.1, -0.05) is 39.0 Å². The van der Waals surface area contributed by atoms with Gasteiger partial charge in [0.15, 0.2) is 0 Å². The maximum atomic E-state index is 5.70. The lowest BCUT2D eigenvalue weighted by atomic mass is 10.1. The third-order valence-electron chi connectivity index (χ3n) is 2.70. The monoisotopic (exact) mass is 215 g/mol. The minimum absolute atomic E-state index is 0.169. The minimum atomic E-state index is 0.169. The Balaban J connectivity index is 2.92. The molecule has 0 bridgehead atoms. The fourth-order valence-corrected chi connectivity index (χ4v) is 1.56. The van der Waals surface area contributed by atoms with Crippen LogP contribution in [-0.2, 0) is 0 Å². The first kappa shape index (κ1) is 14.9. The summed E-state index contributed by atoms with van der Waals surface area (Å²) < 4.78 is 0. The third-order valence-corrected chi connectivity index (χ3v) is 2.70. The van der Waals surface area contributed by atoms with Crippen LogP contribution in [0.2, 0.25) is 0 Å². The quantitative estimate of drug-likeness (QED) is 0.459. The maximum absolute atomic E-state index is 5.70. The summed E-state index contributed by atoms with van der Waals surface area (Å²) in [4.78, 5) is 0. The molecule has 0 aromatic carbocycles. The molecule has 0 amide bonds. The van der Waals surface area contributed by atoms with Gasteiger partial charge in [0.1, 0.15) is 0 Å². The van der Waals surface area contributed by atoms with Crippen LogP contribution in [0.1, 0.15) is 51.9 Å². The summed E-state index contributed by atoms with van der Waals surface area (Å²) in [6.07, 6.45) is 9.14. The fraction of sp³-hybridized carbons (Fsp3) is 1.00. The number of hydrogen-bond acceptors (Lipinski definition) is 3. The van der Waals surface area contributed by atoms with Gasteiger partial charge in [-0.25, -0.2) is 0 Å². The van der Waals surface area contributed by atoms with Gasteiger partial charge in [-0.2, -0.15) is 0 Å². The Bertz CT molecular complexity index is 117. The number of rotatable bonds is 11. The van der Waals surface area contributed by atoms with Crippen molar-refractivity contribution >= 4 is 0 Å². The number of unbranched alkanes of at least 4 members (excludes halogenated alkanes) is 5. The van der Waals surface area contributed by atoms with Crippen molar-refractivity contribution in [1.82, 2.24) is 5.32 Å². The van der Waals surface area contributed by atoms with Gasteiger partial charge in [-0.15, -0.1) is 0 Å². The highest BCUT2D eigenvalue weighted by molar-refractivity contribution is 4.62. The molecule has 0 aliphatic carbocycles. The van der Waals surface area contributed by atoms with E-state index >= 15 is 0 Å².